The van der Waals surface area contributed by atoms with E-state index in [2.05, 4.69) is 32.1 Å². The zero-order valence-corrected chi connectivity index (χ0v) is 30.1. The Kier molecular flexibility index (Phi) is 7.85. The summed E-state index contributed by atoms with van der Waals surface area (Å²) in [4.78, 5) is 17.9. The molecule has 10 aromatic rings. The third-order valence-electron chi connectivity index (χ3n) is 10.4. The summed E-state index contributed by atoms with van der Waals surface area (Å²) in [6.07, 6.45) is 1.70. The van der Waals surface area contributed by atoms with Crippen LogP contribution in [0.1, 0.15) is 16.7 Å². The molecule has 0 saturated carbocycles. The van der Waals surface area contributed by atoms with Crippen molar-refractivity contribution in [2.24, 2.45) is 0 Å². The lowest BCUT2D eigenvalue weighted by Gasteiger charge is -2.24. The van der Waals surface area contributed by atoms with Gasteiger partial charge >= 0.3 is 6.18 Å². The summed E-state index contributed by atoms with van der Waals surface area (Å²) in [6.45, 7) is 0. The summed E-state index contributed by atoms with van der Waals surface area (Å²) in [6, 6.07) is 41.4. The van der Waals surface area contributed by atoms with Gasteiger partial charge in [-0.2, -0.15) is 23.7 Å². The number of hydrogen-bond donors (Lipinski definition) is 0. The Labute approximate surface area is 328 Å². The lowest BCUT2D eigenvalue weighted by atomic mass is 9.90. The second-order valence-corrected chi connectivity index (χ2v) is 13.7. The minimum Gasteiger partial charge on any atom is -0.308 e. The summed E-state index contributed by atoms with van der Waals surface area (Å²) in [5.41, 5.74) is 3.37. The van der Waals surface area contributed by atoms with Crippen LogP contribution in [0.2, 0.25) is 0 Å². The predicted octanol–water partition coefficient (Wildman–Crippen LogP) is 11.2. The number of nitrogens with zero attached hydrogens (tertiary/aromatic N) is 8. The molecule has 0 bridgehead atoms. The van der Waals surface area contributed by atoms with Crippen LogP contribution in [0.4, 0.5) is 13.2 Å². The first-order valence-electron chi connectivity index (χ1n) is 18.1. The Balaban J connectivity index is 1.43. The second kappa shape index (κ2) is 13.3. The van der Waals surface area contributed by atoms with Crippen molar-refractivity contribution >= 4 is 43.6 Å². The van der Waals surface area contributed by atoms with E-state index in [9.17, 15) is 10.5 Å². The molecular weight excluding hydrogens is 734 g/mol. The third kappa shape index (κ3) is 5.37. The molecule has 6 aromatic carbocycles. The molecule has 0 unspecified atom stereocenters. The zero-order valence-electron chi connectivity index (χ0n) is 30.1. The molecule has 0 radical (unpaired) electrons. The van der Waals surface area contributed by atoms with E-state index in [0.29, 0.717) is 44.8 Å². The molecule has 0 aliphatic carbocycles. The number of benzene rings is 6. The summed E-state index contributed by atoms with van der Waals surface area (Å²) in [5.74, 6) is 0.927. The summed E-state index contributed by atoms with van der Waals surface area (Å²) in [7, 11) is 0. The van der Waals surface area contributed by atoms with Crippen molar-refractivity contribution in [2.75, 3.05) is 0 Å². The zero-order chi connectivity index (χ0) is 39.5. The normalized spacial score (nSPS) is 11.7. The van der Waals surface area contributed by atoms with E-state index >= 15 is 13.2 Å². The van der Waals surface area contributed by atoms with Crippen LogP contribution in [-0.2, 0) is 6.18 Å². The van der Waals surface area contributed by atoms with Gasteiger partial charge in [-0.05, 0) is 60.7 Å². The average Bonchev–Trinajstić information content (AvgIpc) is 3.78. The third-order valence-corrected chi connectivity index (χ3v) is 10.4. The Bertz CT molecular complexity index is 3180. The molecule has 0 atom stereocenters. The van der Waals surface area contributed by atoms with Crippen molar-refractivity contribution in [3.63, 3.8) is 0 Å². The predicted molar refractivity (Wildman–Crippen MR) is 217 cm³/mol. The van der Waals surface area contributed by atoms with Gasteiger partial charge < -0.3 is 9.13 Å². The van der Waals surface area contributed by atoms with E-state index < -0.39 is 11.7 Å². The molecule has 0 aliphatic rings. The molecule has 8 nitrogen and oxygen atoms in total. The molecule has 0 aliphatic heterocycles. The lowest BCUT2D eigenvalue weighted by molar-refractivity contribution is -0.137. The monoisotopic (exact) mass is 758 g/mol. The maximum absolute atomic E-state index is 15.4. The van der Waals surface area contributed by atoms with E-state index in [1.165, 1.54) is 12.1 Å². The molecule has 58 heavy (non-hydrogen) atoms. The first kappa shape index (κ1) is 34.3. The van der Waals surface area contributed by atoms with Gasteiger partial charge in [0.2, 0.25) is 0 Å². The topological polar surface area (TPSA) is 109 Å². The highest BCUT2D eigenvalue weighted by Crippen LogP contribution is 2.48. The minimum absolute atomic E-state index is 0.108. The maximum Gasteiger partial charge on any atom is 0.417 e. The van der Waals surface area contributed by atoms with Crippen molar-refractivity contribution in [3.05, 3.63) is 169 Å². The summed E-state index contributed by atoms with van der Waals surface area (Å²) < 4.78 is 50.1. The van der Waals surface area contributed by atoms with E-state index in [-0.39, 0.29) is 33.6 Å². The number of para-hydroxylation sites is 2. The van der Waals surface area contributed by atoms with Crippen molar-refractivity contribution < 1.29 is 13.2 Å². The maximum atomic E-state index is 15.4. The number of aromatic nitrogens is 6. The van der Waals surface area contributed by atoms with Crippen LogP contribution in [0, 0.1) is 22.7 Å². The van der Waals surface area contributed by atoms with Gasteiger partial charge in [0, 0.05) is 68.6 Å². The van der Waals surface area contributed by atoms with Gasteiger partial charge in [-0.25, -0.2) is 19.9 Å². The smallest absolute Gasteiger partial charge is 0.308 e. The molecule has 10 rings (SSSR count). The van der Waals surface area contributed by atoms with Crippen molar-refractivity contribution in [3.8, 4) is 57.4 Å². The molecule has 0 spiro atoms. The Hall–Kier alpha value is -8.15. The van der Waals surface area contributed by atoms with Crippen LogP contribution in [0.3, 0.4) is 0 Å². The van der Waals surface area contributed by atoms with Gasteiger partial charge in [0.05, 0.1) is 62.3 Å². The molecule has 4 heterocycles. The number of hydrogen-bond acceptors (Lipinski definition) is 6. The lowest BCUT2D eigenvalue weighted by Crippen LogP contribution is -2.12. The Morgan fingerprint density at radius 1 is 0.466 bits per heavy atom. The first-order valence-corrected chi connectivity index (χ1v) is 18.1. The van der Waals surface area contributed by atoms with Gasteiger partial charge in [0.1, 0.15) is 0 Å². The average molecular weight is 759 g/mol. The van der Waals surface area contributed by atoms with Gasteiger partial charge in [-0.1, -0.05) is 66.7 Å². The summed E-state index contributed by atoms with van der Waals surface area (Å²) >= 11 is 0. The molecule has 11 heteroatoms. The molecule has 274 valence electrons. The highest BCUT2D eigenvalue weighted by atomic mass is 19.4. The fourth-order valence-corrected chi connectivity index (χ4v) is 8.07. The second-order valence-electron chi connectivity index (χ2n) is 13.7. The molecule has 0 amide bonds. The fraction of sp³-hybridized carbons (Fsp3) is 0.0213. The van der Waals surface area contributed by atoms with Crippen LogP contribution in [0.5, 0.6) is 0 Å². The fourth-order valence-electron chi connectivity index (χ4n) is 8.07. The van der Waals surface area contributed by atoms with Crippen LogP contribution in [0.25, 0.3) is 88.9 Å². The Morgan fingerprint density at radius 2 is 0.948 bits per heavy atom. The van der Waals surface area contributed by atoms with Gasteiger partial charge in [-0.15, -0.1) is 0 Å². The van der Waals surface area contributed by atoms with Crippen molar-refractivity contribution in [1.29, 1.82) is 10.5 Å². The standard InChI is InChI=1S/C47H25F3N8/c48-47(49,50)36-11-5-8-31(27-52)43(36)44-41(57-37-12-3-1-9-32(37)34-16-14-29(24-39(34)57)45-53-18-6-19-54-45)22-28(26-51)23-42(44)58-38-13-4-2-10-33(38)35-17-15-30(25-40(35)58)46-55-20-7-21-56-46/h1-25H. The van der Waals surface area contributed by atoms with Gasteiger partial charge in [0.15, 0.2) is 11.6 Å². The van der Waals surface area contributed by atoms with Crippen LogP contribution in [-0.4, -0.2) is 29.1 Å². The van der Waals surface area contributed by atoms with Crippen molar-refractivity contribution in [2.45, 2.75) is 6.18 Å². The number of alkyl halides is 3. The quantitative estimate of drug-likeness (QED) is 0.173. The molecule has 0 N–H and O–H groups in total. The highest BCUT2D eigenvalue weighted by Gasteiger charge is 2.37. The van der Waals surface area contributed by atoms with Crippen LogP contribution >= 0.6 is 0 Å². The molecule has 4 aromatic heterocycles. The van der Waals surface area contributed by atoms with E-state index in [4.69, 9.17) is 0 Å². The van der Waals surface area contributed by atoms with Crippen LogP contribution in [0.15, 0.2) is 152 Å². The number of rotatable bonds is 5. The van der Waals surface area contributed by atoms with E-state index in [1.807, 2.05) is 94.1 Å². The SMILES string of the molecule is N#Cc1cc(-n2c3ccccc3c3ccc(-c4ncccn4)cc32)c(-c2c(C#N)cccc2C(F)(F)F)c(-n2c3ccccc3c3ccc(-c4ncccn4)cc32)c1. The van der Waals surface area contributed by atoms with Crippen LogP contribution < -0.4 is 0 Å². The number of halogens is 3. The molecule has 0 saturated heterocycles. The summed E-state index contributed by atoms with van der Waals surface area (Å²) in [5, 5.41) is 24.7. The highest BCUT2D eigenvalue weighted by molar-refractivity contribution is 6.13. The van der Waals surface area contributed by atoms with Crippen molar-refractivity contribution in [1.82, 2.24) is 29.1 Å². The minimum atomic E-state index is -4.86. The first-order chi connectivity index (χ1) is 28.3. The molecule has 0 fully saturated rings. The molecular formula is C47H25F3N8. The Morgan fingerprint density at radius 3 is 1.41 bits per heavy atom. The number of nitriles is 2. The number of fused-ring (bicyclic) bond motifs is 6. The van der Waals surface area contributed by atoms with Gasteiger partial charge in [0.25, 0.3) is 0 Å². The largest absolute Gasteiger partial charge is 0.417 e. The van der Waals surface area contributed by atoms with E-state index in [1.54, 1.807) is 49.1 Å². The van der Waals surface area contributed by atoms with Gasteiger partial charge in [-0.3, -0.25) is 0 Å². The van der Waals surface area contributed by atoms with E-state index in [0.717, 1.165) is 27.6 Å².